The van der Waals surface area contributed by atoms with Crippen LogP contribution in [0.3, 0.4) is 0 Å². The van der Waals surface area contributed by atoms with E-state index in [1.165, 1.54) is 0 Å². The molecule has 2 amide bonds. The molecule has 1 aliphatic heterocycles. The van der Waals surface area contributed by atoms with Crippen LogP contribution in [-0.4, -0.2) is 60.6 Å². The molecule has 1 fully saturated rings. The number of aromatic nitrogens is 5. The van der Waals surface area contributed by atoms with Gasteiger partial charge in [-0.25, -0.2) is 9.97 Å². The van der Waals surface area contributed by atoms with E-state index in [9.17, 15) is 14.9 Å². The van der Waals surface area contributed by atoms with Gasteiger partial charge in [0.1, 0.15) is 11.6 Å². The Balaban J connectivity index is 1.52. The van der Waals surface area contributed by atoms with Gasteiger partial charge in [0, 0.05) is 37.6 Å². The molecular formula is C21H24N8O2. The Morgan fingerprint density at radius 2 is 2.23 bits per heavy atom. The predicted octanol–water partition coefficient (Wildman–Crippen LogP) is 1.72. The number of rotatable bonds is 5. The van der Waals surface area contributed by atoms with Gasteiger partial charge in [0.15, 0.2) is 5.65 Å². The van der Waals surface area contributed by atoms with Gasteiger partial charge in [-0.15, -0.1) is 0 Å². The van der Waals surface area contributed by atoms with Crippen molar-refractivity contribution in [1.82, 2.24) is 34.9 Å². The second-order valence-corrected chi connectivity index (χ2v) is 8.12. The molecule has 0 radical (unpaired) electrons. The van der Waals surface area contributed by atoms with Crippen LogP contribution < -0.4 is 5.32 Å². The van der Waals surface area contributed by atoms with Gasteiger partial charge in [-0.3, -0.25) is 14.3 Å². The zero-order valence-electron chi connectivity index (χ0n) is 17.7. The van der Waals surface area contributed by atoms with Gasteiger partial charge < -0.3 is 15.2 Å². The standard InChI is InChI=1S/C21H24N8O2/c1-4-29-10-14(7-25-29)16-9-24-18-17(27-16)15(8-23-18)19(30)26-13(2)20(31)28-6-5-21(3,11-22)12-28/h7-10,13H,4-6,12H2,1-3H3,(H,23,24)(H,26,30)/t13?,21-/m0/s1. The fourth-order valence-electron chi connectivity index (χ4n) is 3.72. The van der Waals surface area contributed by atoms with Crippen molar-refractivity contribution in [1.29, 1.82) is 5.26 Å². The Morgan fingerprint density at radius 3 is 2.90 bits per heavy atom. The summed E-state index contributed by atoms with van der Waals surface area (Å²) in [7, 11) is 0. The Morgan fingerprint density at radius 1 is 1.42 bits per heavy atom. The van der Waals surface area contributed by atoms with Crippen LogP contribution in [0.1, 0.15) is 37.6 Å². The maximum atomic E-state index is 12.9. The van der Waals surface area contributed by atoms with E-state index in [-0.39, 0.29) is 5.91 Å². The van der Waals surface area contributed by atoms with E-state index in [0.29, 0.717) is 41.9 Å². The van der Waals surface area contributed by atoms with Gasteiger partial charge in [0.2, 0.25) is 5.91 Å². The third-order valence-corrected chi connectivity index (χ3v) is 5.65. The van der Waals surface area contributed by atoms with Crippen LogP contribution in [0.4, 0.5) is 0 Å². The van der Waals surface area contributed by atoms with Crippen molar-refractivity contribution in [2.24, 2.45) is 5.41 Å². The number of carbonyl (C=O) groups excluding carboxylic acids is 2. The molecule has 10 heteroatoms. The average Bonchev–Trinajstić information content (AvgIpc) is 3.50. The van der Waals surface area contributed by atoms with Gasteiger partial charge in [-0.1, -0.05) is 0 Å². The largest absolute Gasteiger partial charge is 0.344 e. The summed E-state index contributed by atoms with van der Waals surface area (Å²) >= 11 is 0. The van der Waals surface area contributed by atoms with E-state index in [1.807, 2.05) is 20.0 Å². The SMILES string of the molecule is CCn1cc(-c2cnc3[nH]cc(C(=O)NC(C)C(=O)N4CC[C@@](C)(C#N)C4)c3n2)cn1. The normalized spacial score (nSPS) is 19.4. The summed E-state index contributed by atoms with van der Waals surface area (Å²) in [5.74, 6) is -0.615. The van der Waals surface area contributed by atoms with Gasteiger partial charge >= 0.3 is 0 Å². The summed E-state index contributed by atoms with van der Waals surface area (Å²) < 4.78 is 1.79. The summed E-state index contributed by atoms with van der Waals surface area (Å²) in [5, 5.41) is 16.3. The second-order valence-electron chi connectivity index (χ2n) is 8.12. The van der Waals surface area contributed by atoms with Crippen molar-refractivity contribution in [2.45, 2.75) is 39.8 Å². The molecule has 0 saturated carbocycles. The first-order valence-corrected chi connectivity index (χ1v) is 10.2. The summed E-state index contributed by atoms with van der Waals surface area (Å²) in [6.07, 6.45) is 7.37. The molecule has 10 nitrogen and oxygen atoms in total. The zero-order chi connectivity index (χ0) is 22.2. The maximum Gasteiger partial charge on any atom is 0.255 e. The molecule has 0 spiro atoms. The highest BCUT2D eigenvalue weighted by atomic mass is 16.2. The van der Waals surface area contributed by atoms with Gasteiger partial charge in [0.05, 0.1) is 35.1 Å². The topological polar surface area (TPSA) is 133 Å². The van der Waals surface area contributed by atoms with Gasteiger partial charge in [-0.05, 0) is 27.2 Å². The number of nitriles is 1. The Labute approximate surface area is 179 Å². The Kier molecular flexibility index (Phi) is 5.19. The number of aromatic amines is 1. The van der Waals surface area contributed by atoms with Crippen molar-refractivity contribution in [3.05, 3.63) is 30.4 Å². The van der Waals surface area contributed by atoms with E-state index in [1.54, 1.807) is 35.1 Å². The number of carbonyl (C=O) groups is 2. The van der Waals surface area contributed by atoms with E-state index in [0.717, 1.165) is 12.1 Å². The molecular weight excluding hydrogens is 396 g/mol. The second kappa shape index (κ2) is 7.83. The number of nitrogens with zero attached hydrogens (tertiary/aromatic N) is 6. The van der Waals surface area contributed by atoms with Crippen LogP contribution in [0.25, 0.3) is 22.4 Å². The number of aryl methyl sites for hydroxylation is 1. The summed E-state index contributed by atoms with van der Waals surface area (Å²) in [4.78, 5) is 39.2. The van der Waals surface area contributed by atoms with Crippen molar-refractivity contribution in [3.63, 3.8) is 0 Å². The van der Waals surface area contributed by atoms with E-state index >= 15 is 0 Å². The fraction of sp³-hybridized carbons (Fsp3) is 0.429. The molecule has 1 aliphatic rings. The molecule has 4 heterocycles. The number of H-pyrrole nitrogens is 1. The van der Waals surface area contributed by atoms with Crippen LogP contribution in [0.15, 0.2) is 24.8 Å². The van der Waals surface area contributed by atoms with Crippen LogP contribution >= 0.6 is 0 Å². The lowest BCUT2D eigenvalue weighted by Gasteiger charge is -2.22. The molecule has 3 aromatic rings. The zero-order valence-corrected chi connectivity index (χ0v) is 17.7. The highest BCUT2D eigenvalue weighted by molar-refractivity contribution is 6.06. The molecule has 31 heavy (non-hydrogen) atoms. The molecule has 0 bridgehead atoms. The van der Waals surface area contributed by atoms with Crippen molar-refractivity contribution in [3.8, 4) is 17.3 Å². The highest BCUT2D eigenvalue weighted by Gasteiger charge is 2.37. The monoisotopic (exact) mass is 420 g/mol. The van der Waals surface area contributed by atoms with Gasteiger partial charge in [-0.2, -0.15) is 10.4 Å². The molecule has 4 rings (SSSR count). The number of hydrogen-bond acceptors (Lipinski definition) is 6. The highest BCUT2D eigenvalue weighted by Crippen LogP contribution is 2.29. The first-order valence-electron chi connectivity index (χ1n) is 10.2. The fourth-order valence-corrected chi connectivity index (χ4v) is 3.72. The number of amides is 2. The minimum Gasteiger partial charge on any atom is -0.344 e. The smallest absolute Gasteiger partial charge is 0.255 e. The van der Waals surface area contributed by atoms with Crippen LogP contribution in [-0.2, 0) is 11.3 Å². The summed E-state index contributed by atoms with van der Waals surface area (Å²) in [6, 6.07) is 1.54. The molecule has 2 atom stereocenters. The lowest BCUT2D eigenvalue weighted by molar-refractivity contribution is -0.132. The number of likely N-dealkylation sites (tertiary alicyclic amines) is 1. The Hall–Kier alpha value is -3.74. The summed E-state index contributed by atoms with van der Waals surface area (Å²) in [5.41, 5.74) is 2.11. The molecule has 0 aromatic carbocycles. The van der Waals surface area contributed by atoms with Crippen molar-refractivity contribution >= 4 is 23.0 Å². The molecule has 2 N–H and O–H groups in total. The van der Waals surface area contributed by atoms with Crippen LogP contribution in [0, 0.1) is 16.7 Å². The minimum atomic E-state index is -0.725. The molecule has 1 saturated heterocycles. The van der Waals surface area contributed by atoms with Gasteiger partial charge in [0.25, 0.3) is 5.91 Å². The number of fused-ring (bicyclic) bond motifs is 1. The third kappa shape index (κ3) is 3.86. The first-order chi connectivity index (χ1) is 14.8. The number of nitrogens with one attached hydrogen (secondary N) is 2. The van der Waals surface area contributed by atoms with Crippen LogP contribution in [0.2, 0.25) is 0 Å². The predicted molar refractivity (Wildman–Crippen MR) is 113 cm³/mol. The third-order valence-electron chi connectivity index (χ3n) is 5.65. The lowest BCUT2D eigenvalue weighted by Crippen LogP contribution is -2.46. The molecule has 3 aromatic heterocycles. The van der Waals surface area contributed by atoms with E-state index in [4.69, 9.17) is 0 Å². The Bertz CT molecular complexity index is 1190. The van der Waals surface area contributed by atoms with Crippen molar-refractivity contribution < 1.29 is 9.59 Å². The minimum absolute atomic E-state index is 0.203. The first kappa shape index (κ1) is 20.5. The van der Waals surface area contributed by atoms with E-state index < -0.39 is 17.4 Å². The summed E-state index contributed by atoms with van der Waals surface area (Å²) in [6.45, 7) is 7.10. The number of hydrogen-bond donors (Lipinski definition) is 2. The van der Waals surface area contributed by atoms with Crippen LogP contribution in [0.5, 0.6) is 0 Å². The molecule has 0 aliphatic carbocycles. The maximum absolute atomic E-state index is 12.9. The lowest BCUT2D eigenvalue weighted by atomic mass is 9.92. The average molecular weight is 420 g/mol. The van der Waals surface area contributed by atoms with E-state index in [2.05, 4.69) is 31.4 Å². The molecule has 1 unspecified atom stereocenters. The van der Waals surface area contributed by atoms with Crippen molar-refractivity contribution in [2.75, 3.05) is 13.1 Å². The quantitative estimate of drug-likeness (QED) is 0.646. The molecule has 160 valence electrons.